The minimum Gasteiger partial charge on any atom is -0.444 e. The number of carbonyl (C=O) groups excluding carboxylic acids is 1. The Morgan fingerprint density at radius 3 is 2.56 bits per heavy atom. The number of fused-ring (bicyclic) bond motifs is 1. The van der Waals surface area contributed by atoms with Gasteiger partial charge in [0.25, 0.3) is 0 Å². The monoisotopic (exact) mass is 226 g/mol. The van der Waals surface area contributed by atoms with E-state index in [4.69, 9.17) is 4.74 Å². The fourth-order valence-corrected chi connectivity index (χ4v) is 2.33. The maximum Gasteiger partial charge on any atom is 0.410 e. The molecule has 0 radical (unpaired) electrons. The molecule has 0 bridgehead atoms. The van der Waals surface area contributed by atoms with Crippen molar-refractivity contribution in [1.82, 2.24) is 10.2 Å². The van der Waals surface area contributed by atoms with E-state index in [1.165, 1.54) is 0 Å². The molecule has 0 aliphatic carbocycles. The molecule has 0 unspecified atom stereocenters. The van der Waals surface area contributed by atoms with Crippen LogP contribution in [0.5, 0.6) is 0 Å². The predicted octanol–water partition coefficient (Wildman–Crippen LogP) is 1.61. The van der Waals surface area contributed by atoms with E-state index in [0.29, 0.717) is 6.04 Å². The Kier molecular flexibility index (Phi) is 3.10. The van der Waals surface area contributed by atoms with E-state index in [1.54, 1.807) is 0 Å². The zero-order valence-electron chi connectivity index (χ0n) is 10.5. The van der Waals surface area contributed by atoms with Gasteiger partial charge in [0.15, 0.2) is 0 Å². The van der Waals surface area contributed by atoms with Crippen molar-refractivity contribution in [2.75, 3.05) is 19.6 Å². The van der Waals surface area contributed by atoms with Gasteiger partial charge in [-0.3, -0.25) is 0 Å². The minimum atomic E-state index is -0.388. The maximum atomic E-state index is 11.9. The predicted molar refractivity (Wildman–Crippen MR) is 62.3 cm³/mol. The van der Waals surface area contributed by atoms with Crippen LogP contribution in [0.1, 0.15) is 33.6 Å². The van der Waals surface area contributed by atoms with Crippen molar-refractivity contribution < 1.29 is 9.53 Å². The molecule has 2 atom stereocenters. The van der Waals surface area contributed by atoms with Gasteiger partial charge in [-0.15, -0.1) is 0 Å². The van der Waals surface area contributed by atoms with Crippen LogP contribution in [0.15, 0.2) is 0 Å². The van der Waals surface area contributed by atoms with E-state index < -0.39 is 0 Å². The first-order valence-corrected chi connectivity index (χ1v) is 6.17. The standard InChI is InChI=1S/C12H22N2O2/c1-12(2,3)16-11(15)14-6-4-9-8-13-10(9)5-7-14/h9-10,13H,4-8H2,1-3H3/t9-,10+/m0/s1. The highest BCUT2D eigenvalue weighted by atomic mass is 16.6. The van der Waals surface area contributed by atoms with Crippen molar-refractivity contribution in [3.8, 4) is 0 Å². The second-order valence-corrected chi connectivity index (χ2v) is 5.82. The number of hydrogen-bond acceptors (Lipinski definition) is 3. The summed E-state index contributed by atoms with van der Waals surface area (Å²) in [5, 5.41) is 3.42. The van der Waals surface area contributed by atoms with E-state index in [1.807, 2.05) is 25.7 Å². The molecule has 0 saturated carbocycles. The molecule has 4 nitrogen and oxygen atoms in total. The molecule has 2 fully saturated rings. The largest absolute Gasteiger partial charge is 0.444 e. The average Bonchev–Trinajstić information content (AvgIpc) is 2.23. The molecular weight excluding hydrogens is 204 g/mol. The first-order valence-electron chi connectivity index (χ1n) is 6.17. The van der Waals surface area contributed by atoms with Crippen molar-refractivity contribution in [3.63, 3.8) is 0 Å². The van der Waals surface area contributed by atoms with Gasteiger partial charge in [-0.1, -0.05) is 0 Å². The van der Waals surface area contributed by atoms with Crippen LogP contribution >= 0.6 is 0 Å². The summed E-state index contributed by atoms with van der Waals surface area (Å²) < 4.78 is 5.39. The van der Waals surface area contributed by atoms with Crippen LogP contribution in [0, 0.1) is 5.92 Å². The van der Waals surface area contributed by atoms with Gasteiger partial charge in [-0.25, -0.2) is 4.79 Å². The molecule has 4 heteroatoms. The van der Waals surface area contributed by atoms with Crippen LogP contribution in [-0.2, 0) is 4.74 Å². The number of likely N-dealkylation sites (tertiary alicyclic amines) is 1. The maximum absolute atomic E-state index is 11.9. The highest BCUT2D eigenvalue weighted by Crippen LogP contribution is 2.25. The minimum absolute atomic E-state index is 0.159. The lowest BCUT2D eigenvalue weighted by Gasteiger charge is -2.36. The van der Waals surface area contributed by atoms with Gasteiger partial charge < -0.3 is 15.0 Å². The Bertz CT molecular complexity index is 259. The fraction of sp³-hybridized carbons (Fsp3) is 0.917. The quantitative estimate of drug-likeness (QED) is 0.682. The van der Waals surface area contributed by atoms with Crippen LogP contribution in [0.3, 0.4) is 0 Å². The van der Waals surface area contributed by atoms with Gasteiger partial charge in [0.2, 0.25) is 0 Å². The number of carbonyl (C=O) groups is 1. The topological polar surface area (TPSA) is 41.6 Å². The number of nitrogens with one attached hydrogen (secondary N) is 1. The molecule has 2 heterocycles. The molecule has 92 valence electrons. The highest BCUT2D eigenvalue weighted by molar-refractivity contribution is 5.68. The van der Waals surface area contributed by atoms with Gasteiger partial charge in [-0.05, 0) is 46.1 Å². The van der Waals surface area contributed by atoms with E-state index >= 15 is 0 Å². The Balaban J connectivity index is 1.87. The molecular formula is C12H22N2O2. The molecule has 2 aliphatic heterocycles. The van der Waals surface area contributed by atoms with Crippen LogP contribution in [0.2, 0.25) is 0 Å². The van der Waals surface area contributed by atoms with Gasteiger partial charge >= 0.3 is 6.09 Å². The molecule has 0 spiro atoms. The zero-order valence-corrected chi connectivity index (χ0v) is 10.5. The van der Waals surface area contributed by atoms with Crippen LogP contribution in [0.4, 0.5) is 4.79 Å². The summed E-state index contributed by atoms with van der Waals surface area (Å²) in [5.41, 5.74) is -0.388. The summed E-state index contributed by atoms with van der Waals surface area (Å²) >= 11 is 0. The zero-order chi connectivity index (χ0) is 11.8. The van der Waals surface area contributed by atoms with Gasteiger partial charge in [0, 0.05) is 19.1 Å². The average molecular weight is 226 g/mol. The lowest BCUT2D eigenvalue weighted by Crippen LogP contribution is -2.52. The van der Waals surface area contributed by atoms with Gasteiger partial charge in [0.1, 0.15) is 5.60 Å². The van der Waals surface area contributed by atoms with Crippen LogP contribution < -0.4 is 5.32 Å². The molecule has 16 heavy (non-hydrogen) atoms. The van der Waals surface area contributed by atoms with E-state index in [-0.39, 0.29) is 11.7 Å². The molecule has 1 amide bonds. The lowest BCUT2D eigenvalue weighted by molar-refractivity contribution is 0.0256. The number of ether oxygens (including phenoxy) is 1. The second-order valence-electron chi connectivity index (χ2n) is 5.82. The molecule has 0 aromatic carbocycles. The van der Waals surface area contributed by atoms with E-state index in [2.05, 4.69) is 5.32 Å². The van der Waals surface area contributed by atoms with Crippen LogP contribution in [0.25, 0.3) is 0 Å². The van der Waals surface area contributed by atoms with Crippen molar-refractivity contribution in [3.05, 3.63) is 0 Å². The summed E-state index contributed by atoms with van der Waals surface area (Å²) in [7, 11) is 0. The summed E-state index contributed by atoms with van der Waals surface area (Å²) in [6.45, 7) is 8.52. The van der Waals surface area contributed by atoms with Gasteiger partial charge in [0.05, 0.1) is 0 Å². The molecule has 0 aromatic heterocycles. The van der Waals surface area contributed by atoms with E-state index in [9.17, 15) is 4.79 Å². The number of amides is 1. The Morgan fingerprint density at radius 1 is 1.31 bits per heavy atom. The third-order valence-corrected chi connectivity index (χ3v) is 3.34. The molecule has 2 saturated heterocycles. The van der Waals surface area contributed by atoms with Crippen LogP contribution in [-0.4, -0.2) is 42.3 Å². The Morgan fingerprint density at radius 2 is 2.00 bits per heavy atom. The summed E-state index contributed by atoms with van der Waals surface area (Å²) in [5.74, 6) is 0.771. The Hall–Kier alpha value is -0.770. The first-order chi connectivity index (χ1) is 7.46. The third-order valence-electron chi connectivity index (χ3n) is 3.34. The molecule has 0 aromatic rings. The lowest BCUT2D eigenvalue weighted by atomic mass is 9.88. The summed E-state index contributed by atoms with van der Waals surface area (Å²) in [6, 6.07) is 0.632. The van der Waals surface area contributed by atoms with Crippen molar-refractivity contribution >= 4 is 6.09 Å². The molecule has 2 rings (SSSR count). The van der Waals surface area contributed by atoms with Gasteiger partial charge in [-0.2, -0.15) is 0 Å². The smallest absolute Gasteiger partial charge is 0.410 e. The number of nitrogens with zero attached hydrogens (tertiary/aromatic N) is 1. The second kappa shape index (κ2) is 4.24. The number of hydrogen-bond donors (Lipinski definition) is 1. The first kappa shape index (κ1) is 11.7. The fourth-order valence-electron chi connectivity index (χ4n) is 2.33. The SMILES string of the molecule is CC(C)(C)OC(=O)N1CC[C@H]2CN[C@@H]2CC1. The molecule has 2 aliphatic rings. The highest BCUT2D eigenvalue weighted by Gasteiger charge is 2.34. The molecule has 1 N–H and O–H groups in total. The Labute approximate surface area is 97.3 Å². The third kappa shape index (κ3) is 2.67. The summed E-state index contributed by atoms with van der Waals surface area (Å²) in [4.78, 5) is 13.7. The van der Waals surface area contributed by atoms with Crippen molar-refractivity contribution in [1.29, 1.82) is 0 Å². The normalized spacial score (nSPS) is 30.1. The summed E-state index contributed by atoms with van der Waals surface area (Å²) in [6.07, 6.45) is 2.01. The van der Waals surface area contributed by atoms with E-state index in [0.717, 1.165) is 38.4 Å². The van der Waals surface area contributed by atoms with Crippen molar-refractivity contribution in [2.45, 2.75) is 45.3 Å². The number of rotatable bonds is 0. The van der Waals surface area contributed by atoms with Crippen molar-refractivity contribution in [2.24, 2.45) is 5.92 Å².